The number of aromatic nitrogens is 3. The number of carbonyl (C=O) groups is 1. The van der Waals surface area contributed by atoms with E-state index >= 15 is 0 Å². The van der Waals surface area contributed by atoms with Crippen LogP contribution < -0.4 is 10.2 Å². The SMILES string of the molecule is Cc1nc2n(n1)[C@H](c1ccc(N(C)C)cc1)C=C(C(=O)O)N2. The molecule has 7 nitrogen and oxygen atoms in total. The molecule has 0 saturated carbocycles. The molecule has 1 aliphatic rings. The first-order valence-corrected chi connectivity index (χ1v) is 6.88. The first-order chi connectivity index (χ1) is 10.5. The Morgan fingerprint density at radius 2 is 2.00 bits per heavy atom. The van der Waals surface area contributed by atoms with Crippen LogP contribution >= 0.6 is 0 Å². The molecule has 2 N–H and O–H groups in total. The van der Waals surface area contributed by atoms with Crippen molar-refractivity contribution in [2.45, 2.75) is 13.0 Å². The summed E-state index contributed by atoms with van der Waals surface area (Å²) in [5.41, 5.74) is 2.15. The van der Waals surface area contributed by atoms with Crippen LogP contribution in [-0.2, 0) is 4.79 Å². The fourth-order valence-electron chi connectivity index (χ4n) is 2.43. The number of carboxylic acids is 1. The summed E-state index contributed by atoms with van der Waals surface area (Å²) >= 11 is 0. The zero-order chi connectivity index (χ0) is 15.9. The number of fused-ring (bicyclic) bond motifs is 1. The third-order valence-corrected chi connectivity index (χ3v) is 3.55. The molecule has 0 radical (unpaired) electrons. The van der Waals surface area contributed by atoms with Crippen molar-refractivity contribution in [3.05, 3.63) is 47.4 Å². The lowest BCUT2D eigenvalue weighted by Crippen LogP contribution is -2.24. The second-order valence-electron chi connectivity index (χ2n) is 5.37. The molecule has 114 valence electrons. The van der Waals surface area contributed by atoms with Crippen molar-refractivity contribution in [1.29, 1.82) is 0 Å². The van der Waals surface area contributed by atoms with Crippen molar-refractivity contribution in [3.63, 3.8) is 0 Å². The van der Waals surface area contributed by atoms with Crippen molar-refractivity contribution in [2.75, 3.05) is 24.3 Å². The number of nitrogens with one attached hydrogen (secondary N) is 1. The van der Waals surface area contributed by atoms with Crippen LogP contribution in [0.4, 0.5) is 11.6 Å². The van der Waals surface area contributed by atoms with E-state index in [1.165, 1.54) is 0 Å². The molecule has 7 heteroatoms. The molecule has 3 rings (SSSR count). The average molecular weight is 299 g/mol. The van der Waals surface area contributed by atoms with E-state index in [1.807, 2.05) is 43.3 Å². The van der Waals surface area contributed by atoms with Gasteiger partial charge < -0.3 is 15.3 Å². The summed E-state index contributed by atoms with van der Waals surface area (Å²) in [4.78, 5) is 17.5. The van der Waals surface area contributed by atoms with Crippen LogP contribution in [-0.4, -0.2) is 39.9 Å². The fraction of sp³-hybridized carbons (Fsp3) is 0.267. The molecule has 1 aliphatic heterocycles. The molecule has 0 bridgehead atoms. The third kappa shape index (κ3) is 2.41. The number of hydrogen-bond donors (Lipinski definition) is 2. The lowest BCUT2D eigenvalue weighted by Gasteiger charge is -2.23. The lowest BCUT2D eigenvalue weighted by atomic mass is 10.0. The zero-order valence-corrected chi connectivity index (χ0v) is 12.6. The van der Waals surface area contributed by atoms with Gasteiger partial charge in [0.1, 0.15) is 17.6 Å². The Kier molecular flexibility index (Phi) is 3.32. The van der Waals surface area contributed by atoms with Crippen molar-refractivity contribution < 1.29 is 9.90 Å². The molecule has 0 unspecified atom stereocenters. The van der Waals surface area contributed by atoms with Gasteiger partial charge in [0.05, 0.1) is 0 Å². The number of hydrogen-bond acceptors (Lipinski definition) is 5. The van der Waals surface area contributed by atoms with Crippen LogP contribution in [0.25, 0.3) is 0 Å². The summed E-state index contributed by atoms with van der Waals surface area (Å²) in [6, 6.07) is 7.65. The van der Waals surface area contributed by atoms with Gasteiger partial charge in [-0.2, -0.15) is 10.1 Å². The molecule has 0 amide bonds. The first-order valence-electron chi connectivity index (χ1n) is 6.88. The highest BCUT2D eigenvalue weighted by Gasteiger charge is 2.26. The fourth-order valence-corrected chi connectivity index (χ4v) is 2.43. The smallest absolute Gasteiger partial charge is 0.352 e. The number of aryl methyl sites for hydroxylation is 1. The second-order valence-corrected chi connectivity index (χ2v) is 5.37. The average Bonchev–Trinajstić information content (AvgIpc) is 2.86. The minimum absolute atomic E-state index is 0.113. The molecular weight excluding hydrogens is 282 g/mol. The van der Waals surface area contributed by atoms with Gasteiger partial charge in [-0.1, -0.05) is 12.1 Å². The maximum Gasteiger partial charge on any atom is 0.352 e. The van der Waals surface area contributed by atoms with Crippen LogP contribution in [0.15, 0.2) is 36.0 Å². The van der Waals surface area contributed by atoms with Gasteiger partial charge in [-0.3, -0.25) is 0 Å². The molecule has 1 atom stereocenters. The molecular formula is C15H17N5O2. The Hall–Kier alpha value is -2.83. The minimum Gasteiger partial charge on any atom is -0.477 e. The van der Waals surface area contributed by atoms with Crippen LogP contribution in [0.5, 0.6) is 0 Å². The van der Waals surface area contributed by atoms with Gasteiger partial charge >= 0.3 is 5.97 Å². The van der Waals surface area contributed by atoms with E-state index in [0.717, 1.165) is 11.3 Å². The number of anilines is 2. The summed E-state index contributed by atoms with van der Waals surface area (Å²) in [5.74, 6) is 0.0263. The normalized spacial score (nSPS) is 16.5. The van der Waals surface area contributed by atoms with Crippen molar-refractivity contribution in [3.8, 4) is 0 Å². The number of nitrogens with zero attached hydrogens (tertiary/aromatic N) is 4. The second kappa shape index (κ2) is 5.18. The maximum absolute atomic E-state index is 11.3. The van der Waals surface area contributed by atoms with E-state index in [9.17, 15) is 9.90 Å². The van der Waals surface area contributed by atoms with E-state index in [0.29, 0.717) is 11.8 Å². The van der Waals surface area contributed by atoms with Crippen LogP contribution in [0, 0.1) is 6.92 Å². The van der Waals surface area contributed by atoms with E-state index < -0.39 is 5.97 Å². The Labute approximate surface area is 127 Å². The Morgan fingerprint density at radius 3 is 2.59 bits per heavy atom. The van der Waals surface area contributed by atoms with E-state index in [4.69, 9.17) is 0 Å². The van der Waals surface area contributed by atoms with Crippen LogP contribution in [0.2, 0.25) is 0 Å². The van der Waals surface area contributed by atoms with E-state index in [1.54, 1.807) is 17.7 Å². The van der Waals surface area contributed by atoms with Crippen molar-refractivity contribution in [2.24, 2.45) is 0 Å². The van der Waals surface area contributed by atoms with Crippen molar-refractivity contribution in [1.82, 2.24) is 14.8 Å². The third-order valence-electron chi connectivity index (χ3n) is 3.55. The quantitative estimate of drug-likeness (QED) is 0.896. The minimum atomic E-state index is -1.01. The largest absolute Gasteiger partial charge is 0.477 e. The number of aliphatic carboxylic acids is 1. The Morgan fingerprint density at radius 1 is 1.32 bits per heavy atom. The lowest BCUT2D eigenvalue weighted by molar-refractivity contribution is -0.132. The standard InChI is InChI=1S/C15H17N5O2/c1-9-16-15-17-12(14(21)22)8-13(20(15)18-9)10-4-6-11(7-5-10)19(2)3/h4-8,13H,1-3H3,(H,21,22)(H,16,17,18)/t13-/m0/s1. The molecule has 2 aromatic rings. The molecule has 0 spiro atoms. The monoisotopic (exact) mass is 299 g/mol. The molecule has 22 heavy (non-hydrogen) atoms. The summed E-state index contributed by atoms with van der Waals surface area (Å²) in [7, 11) is 3.95. The predicted octanol–water partition coefficient (Wildman–Crippen LogP) is 1.64. The van der Waals surface area contributed by atoms with Gasteiger partial charge in [-0.05, 0) is 30.7 Å². The number of benzene rings is 1. The highest BCUT2D eigenvalue weighted by atomic mass is 16.4. The topological polar surface area (TPSA) is 83.3 Å². The van der Waals surface area contributed by atoms with Crippen LogP contribution in [0.1, 0.15) is 17.4 Å². The van der Waals surface area contributed by atoms with E-state index in [2.05, 4.69) is 15.4 Å². The molecule has 0 aliphatic carbocycles. The Balaban J connectivity index is 2.05. The summed E-state index contributed by atoms with van der Waals surface area (Å²) < 4.78 is 1.70. The van der Waals surface area contributed by atoms with Crippen LogP contribution in [0.3, 0.4) is 0 Å². The summed E-state index contributed by atoms with van der Waals surface area (Å²) in [6.45, 7) is 1.78. The highest BCUT2D eigenvalue weighted by molar-refractivity contribution is 5.90. The van der Waals surface area contributed by atoms with Gasteiger partial charge in [0.25, 0.3) is 0 Å². The van der Waals surface area contributed by atoms with E-state index in [-0.39, 0.29) is 11.7 Å². The summed E-state index contributed by atoms with van der Waals surface area (Å²) in [5, 5.41) is 16.4. The van der Waals surface area contributed by atoms with Crippen molar-refractivity contribution >= 4 is 17.6 Å². The first kappa shape index (κ1) is 14.1. The van der Waals surface area contributed by atoms with Gasteiger partial charge in [-0.15, -0.1) is 0 Å². The molecule has 0 fully saturated rings. The van der Waals surface area contributed by atoms with Gasteiger partial charge in [0.2, 0.25) is 5.95 Å². The maximum atomic E-state index is 11.3. The molecule has 1 aromatic carbocycles. The Bertz CT molecular complexity index is 746. The van der Waals surface area contributed by atoms with Gasteiger partial charge in [0.15, 0.2) is 0 Å². The number of carboxylic acid groups (broad SMARTS) is 1. The van der Waals surface area contributed by atoms with Gasteiger partial charge in [-0.25, -0.2) is 9.48 Å². The zero-order valence-electron chi connectivity index (χ0n) is 12.6. The number of rotatable bonds is 3. The molecule has 1 aromatic heterocycles. The molecule has 2 heterocycles. The van der Waals surface area contributed by atoms with Gasteiger partial charge in [0, 0.05) is 19.8 Å². The predicted molar refractivity (Wildman–Crippen MR) is 83.0 cm³/mol. The number of allylic oxidation sites excluding steroid dienone is 1. The summed E-state index contributed by atoms with van der Waals surface area (Å²) in [6.07, 6.45) is 1.65. The molecule has 0 saturated heterocycles. The highest BCUT2D eigenvalue weighted by Crippen LogP contribution is 2.29.